The summed E-state index contributed by atoms with van der Waals surface area (Å²) in [5.41, 5.74) is -2.67. The molecule has 0 aliphatic carbocycles. The molecule has 0 N–H and O–H groups in total. The van der Waals surface area contributed by atoms with Gasteiger partial charge >= 0.3 is 527 Å². The third-order valence-corrected chi connectivity index (χ3v) is 37.0. The number of ether oxygens (including phenoxy) is 12. The predicted molar refractivity (Wildman–Crippen MR) is 333 cm³/mol. The molecule has 0 amide bonds. The molecule has 85 heavy (non-hydrogen) atoms. The summed E-state index contributed by atoms with van der Waals surface area (Å²) >= 11 is -7.01. The van der Waals surface area contributed by atoms with Gasteiger partial charge in [-0.25, -0.2) is 0 Å². The molecule has 0 aromatic carbocycles. The van der Waals surface area contributed by atoms with Gasteiger partial charge in [0, 0.05) is 0 Å². The van der Waals surface area contributed by atoms with Gasteiger partial charge in [0.25, 0.3) is 0 Å². The van der Waals surface area contributed by atoms with Gasteiger partial charge < -0.3 is 67.9 Å². The van der Waals surface area contributed by atoms with Crippen LogP contribution in [-0.2, 0) is 76.0 Å². The first-order valence-electron chi connectivity index (χ1n) is 30.2. The maximum absolute atomic E-state index is 12.8. The molecular formula is C61H120Br4O16Te4. The van der Waals surface area contributed by atoms with Crippen LogP contribution in [0.3, 0.4) is 0 Å². The van der Waals surface area contributed by atoms with E-state index in [4.69, 9.17) is 56.8 Å². The molecule has 0 saturated carbocycles. The van der Waals surface area contributed by atoms with Crippen LogP contribution in [0.25, 0.3) is 0 Å². The molecule has 16 nitrogen and oxygen atoms in total. The van der Waals surface area contributed by atoms with Gasteiger partial charge in [-0.15, -0.1) is 0 Å². The SMILES string of the molecule is CCCC[Te+](CCOCCOCC(COCCOCC[Te+](CCCC)CC(=O)OC(C)(C)C)(COCCOCC[Te+](CCCC)CC(=O)OC(C)(C)C)COCCOCC[Te+](CCCC)CC(=O)OC(C)(C)C)CC(=O)OC(C)(C)C.[Br-].[Br-].[Br-].[Br-]. The first kappa shape index (κ1) is 96.3. The molecule has 0 aromatic rings. The summed E-state index contributed by atoms with van der Waals surface area (Å²) in [7, 11) is 0. The van der Waals surface area contributed by atoms with Crippen molar-refractivity contribution in [1.29, 1.82) is 0 Å². The van der Waals surface area contributed by atoms with Gasteiger partial charge in [-0.05, 0) is 0 Å². The minimum absolute atomic E-state index is 0. The van der Waals surface area contributed by atoms with E-state index in [1.54, 1.807) is 0 Å². The average Bonchev–Trinajstić information content (AvgIpc) is 3.34. The molecule has 512 valence electrons. The van der Waals surface area contributed by atoms with Crippen LogP contribution in [0.2, 0.25) is 53.6 Å². The fourth-order valence-corrected chi connectivity index (χ4v) is 29.6. The van der Waals surface area contributed by atoms with Crippen LogP contribution in [0.15, 0.2) is 0 Å². The van der Waals surface area contributed by atoms with E-state index in [0.29, 0.717) is 97.2 Å². The standard InChI is InChI=1S/C61H120O16Te4.4BrH/c1-17-21-37-78(45-53(62)74-57(5,6)7)41-33-66-25-29-70-49-61(50-71-30-26-67-34-42-79(38-22-18-2)46-54(63)75-58(8,9)10,51-72-31-27-68-35-43-80(39-23-19-3)47-55(64)76-59(11,12)13)52-73-32-28-69-36-44-81(40-24-20-4)48-56(65)77-60(14,15)16;;;;/h17-52H2,1-16H3;4*1H/q+4;;;;/p-4. The molecule has 0 heterocycles. The zero-order chi connectivity index (χ0) is 61.1. The van der Waals surface area contributed by atoms with Crippen LogP contribution in [-0.4, -0.2) is 230 Å². The van der Waals surface area contributed by atoms with E-state index in [0.717, 1.165) is 87.1 Å². The van der Waals surface area contributed by atoms with Gasteiger partial charge in [-0.3, -0.25) is 0 Å². The molecule has 0 aliphatic heterocycles. The largest absolute Gasteiger partial charge is 1.00 e. The van der Waals surface area contributed by atoms with Crippen LogP contribution >= 0.6 is 0 Å². The molecule has 0 spiro atoms. The Morgan fingerprint density at radius 2 is 0.447 bits per heavy atom. The summed E-state index contributed by atoms with van der Waals surface area (Å²) in [4.78, 5) is 51.0. The van der Waals surface area contributed by atoms with Gasteiger partial charge in [0.05, 0.1) is 0 Å². The Labute approximate surface area is 588 Å². The number of carbonyl (C=O) groups excluding carboxylic acids is 4. The molecule has 0 fully saturated rings. The third kappa shape index (κ3) is 63.8. The van der Waals surface area contributed by atoms with Crippen LogP contribution in [0, 0.1) is 5.41 Å². The Hall–Kier alpha value is 2.64. The van der Waals surface area contributed by atoms with Crippen molar-refractivity contribution in [2.75, 3.05) is 106 Å². The van der Waals surface area contributed by atoms with Gasteiger partial charge in [0.2, 0.25) is 0 Å². The van der Waals surface area contributed by atoms with Gasteiger partial charge in [0.15, 0.2) is 0 Å². The number of carbonyl (C=O) groups is 4. The fourth-order valence-electron chi connectivity index (χ4n) is 7.52. The number of hydrogen-bond donors (Lipinski definition) is 0. The first-order chi connectivity index (χ1) is 38.1. The topological polar surface area (TPSA) is 179 Å². The molecule has 0 aliphatic rings. The fraction of sp³-hybridized carbons (Fsp3) is 0.934. The zero-order valence-corrected chi connectivity index (χ0v) is 71.3. The van der Waals surface area contributed by atoms with E-state index in [2.05, 4.69) is 27.7 Å². The number of hydrogen-bond acceptors (Lipinski definition) is 16. The maximum Gasteiger partial charge on any atom is -1.00 e. The van der Waals surface area contributed by atoms with Crippen molar-refractivity contribution in [3.05, 3.63) is 0 Å². The van der Waals surface area contributed by atoms with Crippen molar-refractivity contribution in [2.24, 2.45) is 5.41 Å². The smallest absolute Gasteiger partial charge is 1.00 e. The minimum atomic E-state index is -1.75. The van der Waals surface area contributed by atoms with Crippen molar-refractivity contribution in [2.45, 2.75) is 238 Å². The summed E-state index contributed by atoms with van der Waals surface area (Å²) in [5.74, 6) is -0.384. The molecular weight excluding hydrogens is 1820 g/mol. The second kappa shape index (κ2) is 58.0. The van der Waals surface area contributed by atoms with Crippen LogP contribution in [0.5, 0.6) is 0 Å². The number of unbranched alkanes of at least 4 members (excludes halogenated alkanes) is 4. The van der Waals surface area contributed by atoms with E-state index in [1.807, 2.05) is 83.1 Å². The van der Waals surface area contributed by atoms with E-state index in [-0.39, 0.29) is 118 Å². The maximum atomic E-state index is 12.8. The Balaban J connectivity index is -0.00000533. The molecule has 0 unspecified atom stereocenters. The number of esters is 4. The molecule has 0 radical (unpaired) electrons. The molecule has 24 heteroatoms. The Morgan fingerprint density at radius 1 is 0.271 bits per heavy atom. The minimum Gasteiger partial charge on any atom is -1.00 e. The molecule has 0 bridgehead atoms. The summed E-state index contributed by atoms with van der Waals surface area (Å²) in [6, 6.07) is 0. The first-order valence-corrected chi connectivity index (χ1v) is 50.0. The van der Waals surface area contributed by atoms with Gasteiger partial charge in [-0.1, -0.05) is 0 Å². The van der Waals surface area contributed by atoms with E-state index in [1.165, 1.54) is 0 Å². The normalized spacial score (nSPS) is 12.2. The van der Waals surface area contributed by atoms with Gasteiger partial charge in [-0.2, -0.15) is 0 Å². The molecule has 0 atom stereocenters. The van der Waals surface area contributed by atoms with E-state index >= 15 is 0 Å². The van der Waals surface area contributed by atoms with Crippen molar-refractivity contribution >= 4 is 102 Å². The summed E-state index contributed by atoms with van der Waals surface area (Å²) in [5, 5.41) is 0. The number of halogens is 4. The van der Waals surface area contributed by atoms with Crippen LogP contribution < -0.4 is 67.9 Å². The summed E-state index contributed by atoms with van der Waals surface area (Å²) in [6.45, 7) is 38.3. The molecule has 0 aromatic heterocycles. The quantitative estimate of drug-likeness (QED) is 0.0359. The van der Waals surface area contributed by atoms with Crippen LogP contribution in [0.1, 0.15) is 162 Å². The monoisotopic (exact) mass is 1940 g/mol. The molecule has 0 rings (SSSR count). The van der Waals surface area contributed by atoms with Crippen molar-refractivity contribution in [1.82, 2.24) is 0 Å². The predicted octanol–water partition coefficient (Wildman–Crippen LogP) is 0.668. The third-order valence-electron chi connectivity index (χ3n) is 11.3. The summed E-state index contributed by atoms with van der Waals surface area (Å²) < 4.78 is 83.4. The number of rotatable bonds is 52. The van der Waals surface area contributed by atoms with Crippen molar-refractivity contribution < 1.29 is 144 Å². The Bertz CT molecular complexity index is 1380. The van der Waals surface area contributed by atoms with Crippen LogP contribution in [0.4, 0.5) is 0 Å². The van der Waals surface area contributed by atoms with Crippen molar-refractivity contribution in [3.63, 3.8) is 0 Å². The second-order valence-corrected chi connectivity index (χ2v) is 51.2. The van der Waals surface area contributed by atoms with Gasteiger partial charge in [0.1, 0.15) is 0 Å². The average molecular weight is 1940 g/mol. The van der Waals surface area contributed by atoms with E-state index in [9.17, 15) is 19.2 Å². The van der Waals surface area contributed by atoms with Crippen molar-refractivity contribution in [3.8, 4) is 0 Å². The molecule has 0 saturated heterocycles. The zero-order valence-electron chi connectivity index (χ0n) is 55.6. The van der Waals surface area contributed by atoms with E-state index < -0.39 is 106 Å². The Morgan fingerprint density at radius 3 is 0.612 bits per heavy atom. The second-order valence-electron chi connectivity index (χ2n) is 24.6. The Kier molecular flexibility index (Phi) is 65.8. The summed E-state index contributed by atoms with van der Waals surface area (Å²) in [6.07, 6.45) is 8.87.